The van der Waals surface area contributed by atoms with Crippen LogP contribution < -0.4 is 9.46 Å². The fourth-order valence-corrected chi connectivity index (χ4v) is 3.77. The molecule has 2 aromatic rings. The largest absolute Gasteiger partial charge is 0.492 e. The number of rotatable bonds is 8. The van der Waals surface area contributed by atoms with Gasteiger partial charge in [-0.15, -0.1) is 0 Å². The van der Waals surface area contributed by atoms with E-state index in [0.29, 0.717) is 56.3 Å². The van der Waals surface area contributed by atoms with Crippen molar-refractivity contribution in [2.24, 2.45) is 0 Å². The molecule has 1 aliphatic heterocycles. The number of nitrogens with zero attached hydrogens (tertiary/aromatic N) is 3. The van der Waals surface area contributed by atoms with Crippen LogP contribution in [0.2, 0.25) is 0 Å². The molecule has 1 N–H and O–H groups in total. The number of anilines is 1. The number of non-ortho nitro benzene ring substituents is 1. The van der Waals surface area contributed by atoms with E-state index in [1.54, 1.807) is 41.3 Å². The van der Waals surface area contributed by atoms with Crippen LogP contribution in [0.4, 0.5) is 11.4 Å². The van der Waals surface area contributed by atoms with Crippen molar-refractivity contribution in [3.05, 3.63) is 64.2 Å². The van der Waals surface area contributed by atoms with E-state index in [9.17, 15) is 23.3 Å². The molecule has 31 heavy (non-hydrogen) atoms. The standard InChI is InChI=1S/C20H24N4O6S/c1-31(28,29)21-17-4-2-16(3-5-17)20(25)23-12-10-22(11-13-23)14-15-30-19-8-6-18(7-9-19)24(26)27/h2-9,21H,10-15H2,1H3. The number of nitro groups is 1. The third-order valence-electron chi connectivity index (χ3n) is 4.82. The molecule has 166 valence electrons. The number of carbonyl (C=O) groups excluding carboxylic acids is 1. The van der Waals surface area contributed by atoms with Crippen LogP contribution >= 0.6 is 0 Å². The molecule has 2 aromatic carbocycles. The summed E-state index contributed by atoms with van der Waals surface area (Å²) in [5.41, 5.74) is 0.945. The Kier molecular flexibility index (Phi) is 7.08. The van der Waals surface area contributed by atoms with Crippen LogP contribution in [0, 0.1) is 10.1 Å². The molecular formula is C20H24N4O6S. The van der Waals surface area contributed by atoms with Gasteiger partial charge in [-0.2, -0.15) is 0 Å². The third-order valence-corrected chi connectivity index (χ3v) is 5.42. The molecule has 0 aromatic heterocycles. The Balaban J connectivity index is 1.42. The highest BCUT2D eigenvalue weighted by atomic mass is 32.2. The summed E-state index contributed by atoms with van der Waals surface area (Å²) >= 11 is 0. The molecule has 0 radical (unpaired) electrons. The van der Waals surface area contributed by atoms with Gasteiger partial charge in [-0.25, -0.2) is 8.42 Å². The summed E-state index contributed by atoms with van der Waals surface area (Å²) in [4.78, 5) is 26.8. The number of sulfonamides is 1. The van der Waals surface area contributed by atoms with Crippen molar-refractivity contribution in [2.75, 3.05) is 50.3 Å². The average Bonchev–Trinajstić information content (AvgIpc) is 2.73. The van der Waals surface area contributed by atoms with Gasteiger partial charge in [0.15, 0.2) is 0 Å². The van der Waals surface area contributed by atoms with Crippen molar-refractivity contribution < 1.29 is 22.9 Å². The second kappa shape index (κ2) is 9.75. The normalized spacial score (nSPS) is 14.8. The Morgan fingerprint density at radius 1 is 1.06 bits per heavy atom. The van der Waals surface area contributed by atoms with Crippen LogP contribution in [0.1, 0.15) is 10.4 Å². The number of carbonyl (C=O) groups is 1. The highest BCUT2D eigenvalue weighted by Crippen LogP contribution is 2.17. The van der Waals surface area contributed by atoms with Crippen LogP contribution in [-0.2, 0) is 10.0 Å². The van der Waals surface area contributed by atoms with E-state index in [0.717, 1.165) is 6.26 Å². The Bertz CT molecular complexity index is 1020. The van der Waals surface area contributed by atoms with Gasteiger partial charge in [0.2, 0.25) is 10.0 Å². The molecule has 1 aliphatic rings. The van der Waals surface area contributed by atoms with Gasteiger partial charge in [0.1, 0.15) is 12.4 Å². The minimum absolute atomic E-state index is 0.0226. The Morgan fingerprint density at radius 3 is 2.23 bits per heavy atom. The lowest BCUT2D eigenvalue weighted by atomic mass is 10.1. The van der Waals surface area contributed by atoms with Gasteiger partial charge in [-0.05, 0) is 36.4 Å². The van der Waals surface area contributed by atoms with E-state index in [-0.39, 0.29) is 11.6 Å². The van der Waals surface area contributed by atoms with E-state index >= 15 is 0 Å². The molecule has 1 amide bonds. The third kappa shape index (κ3) is 6.66. The van der Waals surface area contributed by atoms with Crippen LogP contribution in [0.15, 0.2) is 48.5 Å². The predicted molar refractivity (Wildman–Crippen MR) is 116 cm³/mol. The van der Waals surface area contributed by atoms with E-state index in [1.165, 1.54) is 12.1 Å². The molecule has 10 nitrogen and oxygen atoms in total. The maximum atomic E-state index is 12.7. The fraction of sp³-hybridized carbons (Fsp3) is 0.350. The second-order valence-corrected chi connectivity index (χ2v) is 8.93. The number of benzene rings is 2. The molecule has 0 unspecified atom stereocenters. The summed E-state index contributed by atoms with van der Waals surface area (Å²) in [6.07, 6.45) is 1.07. The van der Waals surface area contributed by atoms with E-state index in [4.69, 9.17) is 4.74 Å². The number of ether oxygens (including phenoxy) is 1. The van der Waals surface area contributed by atoms with E-state index in [2.05, 4.69) is 9.62 Å². The number of nitro benzene ring substituents is 1. The predicted octanol–water partition coefficient (Wildman–Crippen LogP) is 1.80. The zero-order valence-electron chi connectivity index (χ0n) is 17.1. The zero-order valence-corrected chi connectivity index (χ0v) is 17.9. The minimum Gasteiger partial charge on any atom is -0.492 e. The number of nitrogens with one attached hydrogen (secondary N) is 1. The van der Waals surface area contributed by atoms with Crippen LogP contribution in [0.3, 0.4) is 0 Å². The van der Waals surface area contributed by atoms with Crippen molar-refractivity contribution in [2.45, 2.75) is 0 Å². The molecule has 0 spiro atoms. The average molecular weight is 449 g/mol. The summed E-state index contributed by atoms with van der Waals surface area (Å²) in [6.45, 7) is 3.72. The number of piperazine rings is 1. The zero-order chi connectivity index (χ0) is 22.4. The highest BCUT2D eigenvalue weighted by molar-refractivity contribution is 7.92. The van der Waals surface area contributed by atoms with Gasteiger partial charge in [0, 0.05) is 56.1 Å². The topological polar surface area (TPSA) is 122 Å². The first-order valence-corrected chi connectivity index (χ1v) is 11.6. The lowest BCUT2D eigenvalue weighted by Gasteiger charge is -2.34. The number of hydrogen-bond donors (Lipinski definition) is 1. The SMILES string of the molecule is CS(=O)(=O)Nc1ccc(C(=O)N2CCN(CCOc3ccc([N+](=O)[O-])cc3)CC2)cc1. The van der Waals surface area contributed by atoms with Gasteiger partial charge in [0.25, 0.3) is 11.6 Å². The lowest BCUT2D eigenvalue weighted by Crippen LogP contribution is -2.49. The van der Waals surface area contributed by atoms with Gasteiger partial charge in [0.05, 0.1) is 11.2 Å². The fourth-order valence-electron chi connectivity index (χ4n) is 3.21. The summed E-state index contributed by atoms with van der Waals surface area (Å²) < 4.78 is 30.5. The molecule has 0 bridgehead atoms. The van der Waals surface area contributed by atoms with Crippen molar-refractivity contribution in [3.8, 4) is 5.75 Å². The second-order valence-electron chi connectivity index (χ2n) is 7.18. The molecule has 0 atom stereocenters. The van der Waals surface area contributed by atoms with Crippen molar-refractivity contribution in [3.63, 3.8) is 0 Å². The monoisotopic (exact) mass is 448 g/mol. The Hall–Kier alpha value is -3.18. The summed E-state index contributed by atoms with van der Waals surface area (Å²) in [5, 5.41) is 10.7. The van der Waals surface area contributed by atoms with Crippen molar-refractivity contribution >= 4 is 27.3 Å². The minimum atomic E-state index is -3.36. The van der Waals surface area contributed by atoms with Crippen molar-refractivity contribution in [1.82, 2.24) is 9.80 Å². The van der Waals surface area contributed by atoms with Crippen molar-refractivity contribution in [1.29, 1.82) is 0 Å². The molecule has 1 heterocycles. The first kappa shape index (κ1) is 22.5. The summed E-state index contributed by atoms with van der Waals surface area (Å²) in [7, 11) is -3.36. The summed E-state index contributed by atoms with van der Waals surface area (Å²) in [6, 6.07) is 12.3. The number of amides is 1. The van der Waals surface area contributed by atoms with Crippen LogP contribution in [-0.4, -0.2) is 74.6 Å². The van der Waals surface area contributed by atoms with Crippen LogP contribution in [0.5, 0.6) is 5.75 Å². The van der Waals surface area contributed by atoms with Gasteiger partial charge >= 0.3 is 0 Å². The van der Waals surface area contributed by atoms with E-state index < -0.39 is 14.9 Å². The van der Waals surface area contributed by atoms with Gasteiger partial charge in [-0.1, -0.05) is 0 Å². The lowest BCUT2D eigenvalue weighted by molar-refractivity contribution is -0.384. The highest BCUT2D eigenvalue weighted by Gasteiger charge is 2.22. The molecule has 1 fully saturated rings. The molecule has 1 saturated heterocycles. The molecule has 0 saturated carbocycles. The maximum Gasteiger partial charge on any atom is 0.269 e. The Morgan fingerprint density at radius 2 is 1.68 bits per heavy atom. The first-order chi connectivity index (χ1) is 14.7. The van der Waals surface area contributed by atoms with E-state index in [1.807, 2.05) is 0 Å². The quantitative estimate of drug-likeness (QED) is 0.483. The Labute approximate surface area is 180 Å². The summed E-state index contributed by atoms with van der Waals surface area (Å²) in [5.74, 6) is 0.487. The smallest absolute Gasteiger partial charge is 0.269 e. The first-order valence-electron chi connectivity index (χ1n) is 9.68. The maximum absolute atomic E-state index is 12.7. The van der Waals surface area contributed by atoms with Gasteiger partial charge < -0.3 is 9.64 Å². The molecule has 11 heteroatoms. The number of hydrogen-bond acceptors (Lipinski definition) is 7. The van der Waals surface area contributed by atoms with Crippen LogP contribution in [0.25, 0.3) is 0 Å². The molecular weight excluding hydrogens is 424 g/mol. The van der Waals surface area contributed by atoms with Gasteiger partial charge in [-0.3, -0.25) is 24.5 Å². The molecule has 0 aliphatic carbocycles. The molecule has 3 rings (SSSR count).